The van der Waals surface area contributed by atoms with E-state index in [4.69, 9.17) is 0 Å². The Morgan fingerprint density at radius 3 is 2.37 bits per heavy atom. The van der Waals surface area contributed by atoms with Crippen LogP contribution in [0.1, 0.15) is 65.6 Å². The normalized spacial score (nSPS) is 13.6. The number of hydrogen-bond donors (Lipinski definition) is 1. The van der Waals surface area contributed by atoms with Gasteiger partial charge in [-0.25, -0.2) is 0 Å². The van der Waals surface area contributed by atoms with E-state index in [9.17, 15) is 14.4 Å². The van der Waals surface area contributed by atoms with Crippen LogP contribution in [-0.4, -0.2) is 27.6 Å². The third kappa shape index (κ3) is 4.50. The summed E-state index contributed by atoms with van der Waals surface area (Å²) in [6.07, 6.45) is 4.18. The summed E-state index contributed by atoms with van der Waals surface area (Å²) in [5.74, 6) is -1.07. The summed E-state index contributed by atoms with van der Waals surface area (Å²) >= 11 is 1.57. The van der Waals surface area contributed by atoms with Gasteiger partial charge in [0.2, 0.25) is 0 Å². The van der Waals surface area contributed by atoms with Crippen LogP contribution < -0.4 is 5.32 Å². The van der Waals surface area contributed by atoms with Crippen LogP contribution in [0.3, 0.4) is 0 Å². The van der Waals surface area contributed by atoms with Crippen molar-refractivity contribution in [1.29, 1.82) is 0 Å². The quantitative estimate of drug-likeness (QED) is 0.376. The smallest absolute Gasteiger partial charge is 0.261 e. The molecule has 0 saturated carbocycles. The molecule has 174 valence electrons. The van der Waals surface area contributed by atoms with Crippen LogP contribution in [0.25, 0.3) is 0 Å². The van der Waals surface area contributed by atoms with E-state index in [1.807, 2.05) is 29.6 Å². The number of imide groups is 1. The summed E-state index contributed by atoms with van der Waals surface area (Å²) in [5, 5.41) is 5.09. The van der Waals surface area contributed by atoms with E-state index in [2.05, 4.69) is 29.4 Å². The van der Waals surface area contributed by atoms with Gasteiger partial charge in [0.05, 0.1) is 23.7 Å². The summed E-state index contributed by atoms with van der Waals surface area (Å²) < 4.78 is 0. The topological polar surface area (TPSA) is 79.4 Å². The number of amides is 3. The zero-order chi connectivity index (χ0) is 24.4. The van der Waals surface area contributed by atoms with E-state index in [1.54, 1.807) is 48.0 Å². The first kappa shape index (κ1) is 22.7. The standard InChI is InChI=1S/C28H23N3O3S/c1-2-18-5-7-20(8-6-18)25(24-4-3-15-35-24)30-26(32)21-9-10-22-23(16-21)28(34)31(27(22)33)17-19-11-13-29-14-12-19/h3-16,25H,2,17H2,1H3,(H,30,32)/t25-/m1/s1. The molecule has 0 spiro atoms. The number of nitrogens with one attached hydrogen (secondary N) is 1. The number of rotatable bonds is 7. The lowest BCUT2D eigenvalue weighted by molar-refractivity contribution is 0.0642. The average molecular weight is 482 g/mol. The van der Waals surface area contributed by atoms with Crippen LogP contribution in [0.4, 0.5) is 0 Å². The highest BCUT2D eigenvalue weighted by molar-refractivity contribution is 7.10. The largest absolute Gasteiger partial charge is 0.340 e. The Labute approximate surface area is 207 Å². The lowest BCUT2D eigenvalue weighted by Gasteiger charge is -2.19. The summed E-state index contributed by atoms with van der Waals surface area (Å²) in [7, 11) is 0. The van der Waals surface area contributed by atoms with Gasteiger partial charge in [0.1, 0.15) is 0 Å². The second-order valence-corrected chi connectivity index (χ2v) is 9.31. The van der Waals surface area contributed by atoms with Crippen molar-refractivity contribution in [2.24, 2.45) is 0 Å². The molecule has 0 unspecified atom stereocenters. The minimum absolute atomic E-state index is 0.157. The SMILES string of the molecule is CCc1ccc([C@@H](NC(=O)c2ccc3c(c2)C(=O)N(Cc2ccncc2)C3=O)c2cccs2)cc1. The first-order valence-electron chi connectivity index (χ1n) is 11.4. The number of thiophene rings is 1. The molecule has 1 aliphatic heterocycles. The zero-order valence-electron chi connectivity index (χ0n) is 19.1. The molecule has 5 rings (SSSR count). The summed E-state index contributed by atoms with van der Waals surface area (Å²) in [4.78, 5) is 45.4. The Kier molecular flexibility index (Phi) is 6.25. The fraction of sp³-hybridized carbons (Fsp3) is 0.143. The first-order valence-corrected chi connectivity index (χ1v) is 12.3. The lowest BCUT2D eigenvalue weighted by Crippen LogP contribution is -2.29. The molecule has 35 heavy (non-hydrogen) atoms. The van der Waals surface area contributed by atoms with Gasteiger partial charge < -0.3 is 5.32 Å². The maximum absolute atomic E-state index is 13.3. The Hall–Kier alpha value is -4.10. The Balaban J connectivity index is 1.39. The van der Waals surface area contributed by atoms with Crippen molar-refractivity contribution in [3.63, 3.8) is 0 Å². The third-order valence-electron chi connectivity index (χ3n) is 6.15. The van der Waals surface area contributed by atoms with E-state index < -0.39 is 5.91 Å². The van der Waals surface area contributed by atoms with Crippen molar-refractivity contribution in [3.8, 4) is 0 Å². The summed E-state index contributed by atoms with van der Waals surface area (Å²) in [6.45, 7) is 2.26. The van der Waals surface area contributed by atoms with E-state index >= 15 is 0 Å². The maximum atomic E-state index is 13.3. The second kappa shape index (κ2) is 9.64. The van der Waals surface area contributed by atoms with Gasteiger partial charge in [-0.15, -0.1) is 11.3 Å². The van der Waals surface area contributed by atoms with Crippen molar-refractivity contribution in [2.45, 2.75) is 25.9 Å². The minimum Gasteiger partial charge on any atom is -0.340 e. The number of benzene rings is 2. The van der Waals surface area contributed by atoms with E-state index in [-0.39, 0.29) is 30.0 Å². The van der Waals surface area contributed by atoms with E-state index in [0.29, 0.717) is 11.1 Å². The van der Waals surface area contributed by atoms with Gasteiger partial charge in [-0.3, -0.25) is 24.3 Å². The number of aryl methyl sites for hydroxylation is 1. The van der Waals surface area contributed by atoms with Crippen LogP contribution in [0, 0.1) is 0 Å². The molecule has 2 aromatic heterocycles. The highest BCUT2D eigenvalue weighted by atomic mass is 32.1. The first-order chi connectivity index (χ1) is 17.0. The number of hydrogen-bond acceptors (Lipinski definition) is 5. The molecular weight excluding hydrogens is 458 g/mol. The fourth-order valence-electron chi connectivity index (χ4n) is 4.18. The third-order valence-corrected chi connectivity index (χ3v) is 7.08. The minimum atomic E-state index is -0.401. The van der Waals surface area contributed by atoms with Crippen LogP contribution in [-0.2, 0) is 13.0 Å². The van der Waals surface area contributed by atoms with Gasteiger partial charge in [-0.2, -0.15) is 0 Å². The van der Waals surface area contributed by atoms with Gasteiger partial charge >= 0.3 is 0 Å². The number of pyridine rings is 1. The molecule has 0 bridgehead atoms. The fourth-order valence-corrected chi connectivity index (χ4v) is 4.98. The molecule has 3 amide bonds. The van der Waals surface area contributed by atoms with Crippen molar-refractivity contribution < 1.29 is 14.4 Å². The highest BCUT2D eigenvalue weighted by Crippen LogP contribution is 2.29. The molecule has 6 nitrogen and oxygen atoms in total. The number of carbonyl (C=O) groups is 3. The number of nitrogens with zero attached hydrogens (tertiary/aromatic N) is 2. The molecule has 2 aromatic carbocycles. The summed E-state index contributed by atoms with van der Waals surface area (Å²) in [5.41, 5.74) is 3.90. The van der Waals surface area contributed by atoms with Crippen LogP contribution >= 0.6 is 11.3 Å². The molecule has 1 atom stereocenters. The van der Waals surface area contributed by atoms with Crippen LogP contribution in [0.2, 0.25) is 0 Å². The molecule has 0 radical (unpaired) electrons. The molecule has 0 aliphatic carbocycles. The Morgan fingerprint density at radius 1 is 0.943 bits per heavy atom. The van der Waals surface area contributed by atoms with Gasteiger partial charge in [0, 0.05) is 22.8 Å². The molecule has 0 saturated heterocycles. The number of fused-ring (bicyclic) bond motifs is 1. The maximum Gasteiger partial charge on any atom is 0.261 e. The molecule has 0 fully saturated rings. The van der Waals surface area contributed by atoms with Crippen LogP contribution in [0.5, 0.6) is 0 Å². The Bertz CT molecular complexity index is 1380. The zero-order valence-corrected chi connectivity index (χ0v) is 19.9. The Morgan fingerprint density at radius 2 is 1.69 bits per heavy atom. The molecule has 3 heterocycles. The van der Waals surface area contributed by atoms with Crippen molar-refractivity contribution in [2.75, 3.05) is 0 Å². The number of carbonyl (C=O) groups excluding carboxylic acids is 3. The van der Waals surface area contributed by atoms with Crippen LogP contribution in [0.15, 0.2) is 84.5 Å². The lowest BCUT2D eigenvalue weighted by atomic mass is 10.0. The molecule has 1 aliphatic rings. The van der Waals surface area contributed by atoms with Crippen molar-refractivity contribution in [1.82, 2.24) is 15.2 Å². The molecular formula is C28H23N3O3S. The summed E-state index contributed by atoms with van der Waals surface area (Å²) in [6, 6.07) is 20.0. The predicted molar refractivity (Wildman–Crippen MR) is 134 cm³/mol. The van der Waals surface area contributed by atoms with E-state index in [0.717, 1.165) is 22.4 Å². The second-order valence-electron chi connectivity index (χ2n) is 8.33. The highest BCUT2D eigenvalue weighted by Gasteiger charge is 2.36. The van der Waals surface area contributed by atoms with Gasteiger partial charge in [-0.05, 0) is 64.9 Å². The van der Waals surface area contributed by atoms with Gasteiger partial charge in [0.15, 0.2) is 0 Å². The monoisotopic (exact) mass is 481 g/mol. The molecule has 7 heteroatoms. The van der Waals surface area contributed by atoms with Crippen molar-refractivity contribution in [3.05, 3.63) is 123 Å². The van der Waals surface area contributed by atoms with Gasteiger partial charge in [0.25, 0.3) is 17.7 Å². The van der Waals surface area contributed by atoms with Crippen molar-refractivity contribution >= 4 is 29.1 Å². The average Bonchev–Trinajstić information content (AvgIpc) is 3.51. The van der Waals surface area contributed by atoms with Gasteiger partial charge in [-0.1, -0.05) is 37.3 Å². The van der Waals surface area contributed by atoms with E-state index in [1.165, 1.54) is 16.5 Å². The number of aromatic nitrogens is 1. The molecule has 4 aromatic rings. The molecule has 1 N–H and O–H groups in total. The predicted octanol–water partition coefficient (Wildman–Crippen LogP) is 5.02.